The molecule has 0 aliphatic heterocycles. The summed E-state index contributed by atoms with van der Waals surface area (Å²) in [6, 6.07) is 10.8. The number of ether oxygens (including phenoxy) is 1. The molecule has 2 aromatic carbocycles. The van der Waals surface area contributed by atoms with Crippen LogP contribution in [0.1, 0.15) is 11.1 Å². The molecule has 0 N–H and O–H groups in total. The molecule has 84 valence electrons. The number of methoxy groups -OCH3 is 1. The van der Waals surface area contributed by atoms with E-state index in [4.69, 9.17) is 4.74 Å². The second-order valence-electron chi connectivity index (χ2n) is 3.89. The summed E-state index contributed by atoms with van der Waals surface area (Å²) in [6.07, 6.45) is 1.07. The summed E-state index contributed by atoms with van der Waals surface area (Å²) in [6.45, 7) is 2.10. The zero-order chi connectivity index (χ0) is 11.5. The van der Waals surface area contributed by atoms with E-state index in [2.05, 4.69) is 47.1 Å². The fourth-order valence-corrected chi connectivity index (χ4v) is 2.46. The number of alkyl halides is 1. The minimum Gasteiger partial charge on any atom is -0.496 e. The quantitative estimate of drug-likeness (QED) is 0.769. The van der Waals surface area contributed by atoms with Gasteiger partial charge in [-0.2, -0.15) is 0 Å². The largest absolute Gasteiger partial charge is 0.496 e. The smallest absolute Gasteiger partial charge is 0.122 e. The summed E-state index contributed by atoms with van der Waals surface area (Å²) < 4.78 is 5.32. The van der Waals surface area contributed by atoms with Crippen molar-refractivity contribution in [3.63, 3.8) is 0 Å². The van der Waals surface area contributed by atoms with Crippen molar-refractivity contribution in [3.05, 3.63) is 41.5 Å². The van der Waals surface area contributed by atoms with Gasteiger partial charge in [0.05, 0.1) is 7.11 Å². The number of halogens is 1. The first kappa shape index (κ1) is 11.5. The standard InChI is InChI=1S/C14H15BrO/c1-10-13-5-3-11(7-8-15)9-12(13)4-6-14(10)16-2/h3-6,9H,7-8H2,1-2H3. The lowest BCUT2D eigenvalue weighted by Crippen LogP contribution is -1.90. The molecule has 2 aromatic rings. The normalized spacial score (nSPS) is 10.7. The number of benzene rings is 2. The molecule has 0 spiro atoms. The average molecular weight is 279 g/mol. The highest BCUT2D eigenvalue weighted by Crippen LogP contribution is 2.27. The molecule has 0 unspecified atom stereocenters. The van der Waals surface area contributed by atoms with E-state index in [9.17, 15) is 0 Å². The molecule has 2 rings (SSSR count). The molecule has 0 radical (unpaired) electrons. The molecule has 16 heavy (non-hydrogen) atoms. The second kappa shape index (κ2) is 4.88. The summed E-state index contributed by atoms with van der Waals surface area (Å²) in [7, 11) is 1.72. The van der Waals surface area contributed by atoms with Crippen LogP contribution < -0.4 is 4.74 Å². The highest BCUT2D eigenvalue weighted by molar-refractivity contribution is 9.09. The zero-order valence-electron chi connectivity index (χ0n) is 9.59. The van der Waals surface area contributed by atoms with Gasteiger partial charge in [-0.1, -0.05) is 40.2 Å². The first-order chi connectivity index (χ1) is 7.76. The Hall–Kier alpha value is -1.02. The van der Waals surface area contributed by atoms with Crippen molar-refractivity contribution in [2.75, 3.05) is 12.4 Å². The summed E-state index contributed by atoms with van der Waals surface area (Å²) in [5.74, 6) is 0.959. The van der Waals surface area contributed by atoms with Crippen molar-refractivity contribution in [2.45, 2.75) is 13.3 Å². The van der Waals surface area contributed by atoms with Crippen LogP contribution in [0.2, 0.25) is 0 Å². The summed E-state index contributed by atoms with van der Waals surface area (Å²) in [4.78, 5) is 0. The van der Waals surface area contributed by atoms with Gasteiger partial charge < -0.3 is 4.74 Å². The average Bonchev–Trinajstić information content (AvgIpc) is 2.30. The third kappa shape index (κ3) is 2.07. The Bertz CT molecular complexity index is 505. The lowest BCUT2D eigenvalue weighted by atomic mass is 10.0. The van der Waals surface area contributed by atoms with E-state index in [-0.39, 0.29) is 0 Å². The van der Waals surface area contributed by atoms with Gasteiger partial charge in [0.2, 0.25) is 0 Å². The van der Waals surface area contributed by atoms with Crippen molar-refractivity contribution in [1.82, 2.24) is 0 Å². The first-order valence-corrected chi connectivity index (χ1v) is 6.50. The Morgan fingerprint density at radius 2 is 2.00 bits per heavy atom. The minimum absolute atomic E-state index is 0.959. The maximum atomic E-state index is 5.32. The lowest BCUT2D eigenvalue weighted by molar-refractivity contribution is 0.412. The number of hydrogen-bond acceptors (Lipinski definition) is 1. The monoisotopic (exact) mass is 278 g/mol. The van der Waals surface area contributed by atoms with Gasteiger partial charge in [-0.15, -0.1) is 0 Å². The minimum atomic E-state index is 0.959. The van der Waals surface area contributed by atoms with Crippen molar-refractivity contribution in [1.29, 1.82) is 0 Å². The van der Waals surface area contributed by atoms with Crippen LogP contribution in [0.25, 0.3) is 10.8 Å². The summed E-state index contributed by atoms with van der Waals surface area (Å²) >= 11 is 3.47. The van der Waals surface area contributed by atoms with E-state index in [1.165, 1.54) is 21.9 Å². The fourth-order valence-electron chi connectivity index (χ4n) is 2.00. The Kier molecular flexibility index (Phi) is 3.49. The molecule has 0 fully saturated rings. The number of rotatable bonds is 3. The molecular formula is C14H15BrO. The molecule has 1 nitrogen and oxygen atoms in total. The van der Waals surface area contributed by atoms with Gasteiger partial charge in [0.15, 0.2) is 0 Å². The SMILES string of the molecule is COc1ccc2cc(CCBr)ccc2c1C. The number of fused-ring (bicyclic) bond motifs is 1. The van der Waals surface area contributed by atoms with Crippen LogP contribution in [0.5, 0.6) is 5.75 Å². The first-order valence-electron chi connectivity index (χ1n) is 5.38. The molecule has 0 amide bonds. The summed E-state index contributed by atoms with van der Waals surface area (Å²) in [5, 5.41) is 3.57. The second-order valence-corrected chi connectivity index (χ2v) is 4.68. The van der Waals surface area contributed by atoms with Gasteiger partial charge in [0.1, 0.15) is 5.75 Å². The molecule has 0 bridgehead atoms. The van der Waals surface area contributed by atoms with Crippen molar-refractivity contribution in [2.24, 2.45) is 0 Å². The maximum absolute atomic E-state index is 5.32. The Morgan fingerprint density at radius 1 is 1.19 bits per heavy atom. The molecule has 0 aliphatic rings. The van der Waals surface area contributed by atoms with Crippen LogP contribution >= 0.6 is 15.9 Å². The van der Waals surface area contributed by atoms with E-state index in [0.29, 0.717) is 0 Å². The molecule has 0 heterocycles. The molecular weight excluding hydrogens is 264 g/mol. The summed E-state index contributed by atoms with van der Waals surface area (Å²) in [5.41, 5.74) is 2.58. The molecule has 0 saturated carbocycles. The van der Waals surface area contributed by atoms with E-state index >= 15 is 0 Å². The van der Waals surface area contributed by atoms with Gasteiger partial charge in [-0.3, -0.25) is 0 Å². The van der Waals surface area contributed by atoms with Gasteiger partial charge in [-0.25, -0.2) is 0 Å². The third-order valence-corrected chi connectivity index (χ3v) is 3.30. The third-order valence-electron chi connectivity index (χ3n) is 2.91. The number of aryl methyl sites for hydroxylation is 2. The van der Waals surface area contributed by atoms with Crippen LogP contribution in [0.15, 0.2) is 30.3 Å². The zero-order valence-corrected chi connectivity index (χ0v) is 11.2. The Balaban J connectivity index is 2.56. The molecule has 0 atom stereocenters. The molecule has 0 saturated heterocycles. The van der Waals surface area contributed by atoms with Crippen molar-refractivity contribution in [3.8, 4) is 5.75 Å². The fraction of sp³-hybridized carbons (Fsp3) is 0.286. The van der Waals surface area contributed by atoms with Crippen LogP contribution in [0.3, 0.4) is 0 Å². The van der Waals surface area contributed by atoms with Gasteiger partial charge in [-0.05, 0) is 41.3 Å². The van der Waals surface area contributed by atoms with Crippen molar-refractivity contribution < 1.29 is 4.74 Å². The molecule has 2 heteroatoms. The highest BCUT2D eigenvalue weighted by Gasteiger charge is 2.04. The van der Waals surface area contributed by atoms with Crippen LogP contribution in [0, 0.1) is 6.92 Å². The van der Waals surface area contributed by atoms with Crippen LogP contribution in [0.4, 0.5) is 0 Å². The van der Waals surface area contributed by atoms with Crippen molar-refractivity contribution >= 4 is 26.7 Å². The topological polar surface area (TPSA) is 9.23 Å². The lowest BCUT2D eigenvalue weighted by Gasteiger charge is -2.09. The predicted molar refractivity (Wildman–Crippen MR) is 72.7 cm³/mol. The van der Waals surface area contributed by atoms with Gasteiger partial charge >= 0.3 is 0 Å². The van der Waals surface area contributed by atoms with E-state index in [1.807, 2.05) is 6.07 Å². The maximum Gasteiger partial charge on any atom is 0.122 e. The van der Waals surface area contributed by atoms with Crippen LogP contribution in [-0.4, -0.2) is 12.4 Å². The highest BCUT2D eigenvalue weighted by atomic mass is 79.9. The predicted octanol–water partition coefficient (Wildman–Crippen LogP) is 4.09. The Labute approximate surface area is 105 Å². The van der Waals surface area contributed by atoms with Gasteiger partial charge in [0.25, 0.3) is 0 Å². The van der Waals surface area contributed by atoms with E-state index in [1.54, 1.807) is 7.11 Å². The van der Waals surface area contributed by atoms with Crippen LogP contribution in [-0.2, 0) is 6.42 Å². The number of hydrogen-bond donors (Lipinski definition) is 0. The molecule has 0 aromatic heterocycles. The van der Waals surface area contributed by atoms with E-state index < -0.39 is 0 Å². The van der Waals surface area contributed by atoms with Gasteiger partial charge in [0, 0.05) is 5.33 Å². The van der Waals surface area contributed by atoms with E-state index in [0.717, 1.165) is 17.5 Å². The molecule has 0 aliphatic carbocycles. The Morgan fingerprint density at radius 3 is 2.69 bits per heavy atom.